The van der Waals surface area contributed by atoms with E-state index in [-0.39, 0.29) is 39.3 Å². The predicted octanol–water partition coefficient (Wildman–Crippen LogP) is 7.76. The van der Waals surface area contributed by atoms with Crippen LogP contribution in [0.2, 0.25) is 10.0 Å². The Hall–Kier alpha value is -4.07. The van der Waals surface area contributed by atoms with Crippen LogP contribution in [-0.4, -0.2) is 73.7 Å². The summed E-state index contributed by atoms with van der Waals surface area (Å²) in [5.41, 5.74) is 5.00. The minimum absolute atomic E-state index is 0.0233. The molecule has 1 aliphatic heterocycles. The molecule has 0 aliphatic carbocycles. The molecule has 14 nitrogen and oxygen atoms in total. The van der Waals surface area contributed by atoms with E-state index in [2.05, 4.69) is 5.43 Å². The summed E-state index contributed by atoms with van der Waals surface area (Å²) in [6, 6.07) is 19.2. The fraction of sp³-hybridized carbons (Fsp3) is 0.316. The van der Waals surface area contributed by atoms with Gasteiger partial charge in [-0.25, -0.2) is 9.99 Å². The van der Waals surface area contributed by atoms with Gasteiger partial charge < -0.3 is 4.18 Å². The van der Waals surface area contributed by atoms with Gasteiger partial charge in [-0.3, -0.25) is 23.9 Å². The quantitative estimate of drug-likeness (QED) is 0.0910. The van der Waals surface area contributed by atoms with Crippen LogP contribution >= 0.6 is 23.2 Å². The van der Waals surface area contributed by atoms with Crippen LogP contribution < -0.4 is 9.61 Å². The second kappa shape index (κ2) is 17.4. The van der Waals surface area contributed by atoms with Crippen molar-refractivity contribution < 1.29 is 43.3 Å². The first-order valence-electron chi connectivity index (χ1n) is 17.6. The van der Waals surface area contributed by atoms with Crippen molar-refractivity contribution in [3.8, 4) is 22.8 Å². The van der Waals surface area contributed by atoms with Gasteiger partial charge in [-0.05, 0) is 86.2 Å². The summed E-state index contributed by atoms with van der Waals surface area (Å²) in [5, 5.41) is 2.84. The molecular weight excluding hydrogens is 840 g/mol. The number of nitrogens with one attached hydrogen (secondary N) is 1. The summed E-state index contributed by atoms with van der Waals surface area (Å²) in [4.78, 5) is 17.2. The Morgan fingerprint density at radius 3 is 1.89 bits per heavy atom. The number of imidazole rings is 1. The van der Waals surface area contributed by atoms with Crippen molar-refractivity contribution in [2.75, 3.05) is 18.8 Å². The van der Waals surface area contributed by atoms with Crippen molar-refractivity contribution in [1.82, 2.24) is 20.0 Å². The smallest absolute Gasteiger partial charge is 0.309 e. The van der Waals surface area contributed by atoms with Gasteiger partial charge in [0, 0.05) is 40.1 Å². The second-order valence-corrected chi connectivity index (χ2v) is 19.8. The molecule has 19 heteroatoms. The lowest BCUT2D eigenvalue weighted by Gasteiger charge is -2.26. The zero-order valence-electron chi connectivity index (χ0n) is 31.4. The lowest BCUT2D eigenvalue weighted by molar-refractivity contribution is 0.0744. The van der Waals surface area contributed by atoms with E-state index in [1.165, 1.54) is 24.3 Å². The van der Waals surface area contributed by atoms with Gasteiger partial charge in [0.2, 0.25) is 0 Å². The number of carbonyl (C=O) groups excluding carboxylic acids is 1. The highest BCUT2D eigenvalue weighted by molar-refractivity contribution is 7.87. The molecule has 2 heterocycles. The molecule has 5 aromatic rings. The van der Waals surface area contributed by atoms with E-state index >= 15 is 0 Å². The van der Waals surface area contributed by atoms with Crippen LogP contribution in [0.4, 0.5) is 0 Å². The normalized spacial score (nSPS) is 14.2. The van der Waals surface area contributed by atoms with Gasteiger partial charge in [0.25, 0.3) is 26.1 Å². The average molecular weight is 882 g/mol. The van der Waals surface area contributed by atoms with Crippen molar-refractivity contribution in [3.63, 3.8) is 0 Å². The molecule has 0 bridgehead atoms. The van der Waals surface area contributed by atoms with Crippen LogP contribution in [0, 0.1) is 12.3 Å². The van der Waals surface area contributed by atoms with E-state index in [4.69, 9.17) is 41.5 Å². The van der Waals surface area contributed by atoms with Gasteiger partial charge in [-0.1, -0.05) is 74.7 Å². The number of hydrazine groups is 1. The van der Waals surface area contributed by atoms with Crippen molar-refractivity contribution in [2.45, 2.75) is 63.2 Å². The molecule has 4 aromatic carbocycles. The predicted molar refractivity (Wildman–Crippen MR) is 219 cm³/mol. The number of rotatable bonds is 10. The molecule has 306 valence electrons. The highest BCUT2D eigenvalue weighted by Crippen LogP contribution is 2.34. The first-order valence-corrected chi connectivity index (χ1v) is 22.9. The van der Waals surface area contributed by atoms with Crippen molar-refractivity contribution in [1.29, 1.82) is 0 Å². The Labute approximate surface area is 342 Å². The Bertz CT molecular complexity index is 2550. The minimum atomic E-state index is -4.47. The SMILES string of the molecule is Cc1c(C(=O)NN2CCCCC2)nc(-c2ccc(Cl)cc2Cl)n1-c1ccc(OS(=O)(=O)CCC(C)(C)C)cc1.O=S(=O)(O)c1cccc2c(S(=O)(=O)O)cccc12. The molecule has 1 amide bonds. The molecule has 0 saturated carbocycles. The molecule has 3 N–H and O–H groups in total. The third kappa shape index (κ3) is 11.3. The molecule has 1 aromatic heterocycles. The highest BCUT2D eigenvalue weighted by Gasteiger charge is 2.26. The first-order chi connectivity index (χ1) is 26.5. The topological polar surface area (TPSA) is 202 Å². The molecular formula is C38H42Cl2N4O10S3. The molecule has 0 radical (unpaired) electrons. The number of halogens is 2. The van der Waals surface area contributed by atoms with Crippen molar-refractivity contribution >= 4 is 70.2 Å². The van der Waals surface area contributed by atoms with Crippen LogP contribution in [0.1, 0.15) is 62.6 Å². The summed E-state index contributed by atoms with van der Waals surface area (Å²) in [6.45, 7) is 9.35. The Morgan fingerprint density at radius 2 is 1.39 bits per heavy atom. The van der Waals surface area contributed by atoms with Crippen LogP contribution in [0.3, 0.4) is 0 Å². The largest absolute Gasteiger partial charge is 0.382 e. The Balaban J connectivity index is 0.000000287. The fourth-order valence-corrected chi connectivity index (χ4v) is 9.31. The van der Waals surface area contributed by atoms with Crippen molar-refractivity contribution in [3.05, 3.63) is 100 Å². The molecule has 0 spiro atoms. The third-order valence-corrected chi connectivity index (χ3v) is 12.5. The number of piperidine rings is 1. The molecule has 6 rings (SSSR count). The standard InChI is InChI=1S/C28H34Cl2N4O4S.C10H8O6S2/c1-19-25(27(35)32-33-15-6-5-7-16-33)31-26(23-13-8-20(29)18-24(23)30)34(19)21-9-11-22(12-10-21)38-39(36,37)17-14-28(2,3)4;11-17(12,13)9-5-1-3-7-8(9)4-2-6-10(7)18(14,15)16/h8-13,18H,5-7,14-17H2,1-4H3,(H,32,35);1-6H,(H,11,12,13)(H,14,15,16). The third-order valence-electron chi connectivity index (χ3n) is 8.93. The number of hydrogen-bond donors (Lipinski definition) is 3. The Kier molecular flexibility index (Phi) is 13.5. The van der Waals surface area contributed by atoms with Crippen molar-refractivity contribution in [2.24, 2.45) is 5.41 Å². The fourth-order valence-electron chi connectivity index (χ4n) is 6.06. The van der Waals surface area contributed by atoms with Crippen LogP contribution in [-0.2, 0) is 30.4 Å². The number of benzene rings is 4. The zero-order valence-corrected chi connectivity index (χ0v) is 35.4. The summed E-state index contributed by atoms with van der Waals surface area (Å²) in [7, 11) is -12.7. The van der Waals surface area contributed by atoms with Crippen LogP contribution in [0.15, 0.2) is 88.7 Å². The molecule has 1 aliphatic rings. The number of hydrogen-bond acceptors (Lipinski definition) is 10. The van der Waals surface area contributed by atoms with E-state index in [9.17, 15) is 30.0 Å². The van der Waals surface area contributed by atoms with E-state index in [1.807, 2.05) is 37.3 Å². The molecule has 0 atom stereocenters. The van der Waals surface area contributed by atoms with E-state index in [1.54, 1.807) is 42.5 Å². The number of fused-ring (bicyclic) bond motifs is 1. The molecule has 57 heavy (non-hydrogen) atoms. The molecule has 1 fully saturated rings. The van der Waals surface area contributed by atoms with Crippen LogP contribution in [0.25, 0.3) is 27.8 Å². The van der Waals surface area contributed by atoms with Gasteiger partial charge in [0.05, 0.1) is 16.5 Å². The maximum atomic E-state index is 13.3. The maximum Gasteiger partial charge on any atom is 0.309 e. The monoisotopic (exact) mass is 880 g/mol. The minimum Gasteiger partial charge on any atom is -0.382 e. The maximum absolute atomic E-state index is 13.3. The second-order valence-electron chi connectivity index (χ2n) is 14.5. The summed E-state index contributed by atoms with van der Waals surface area (Å²) in [5.74, 6) is 0.293. The first kappa shape index (κ1) is 44.0. The van der Waals surface area contributed by atoms with E-state index in [0.29, 0.717) is 39.2 Å². The van der Waals surface area contributed by atoms with E-state index < -0.39 is 40.1 Å². The van der Waals surface area contributed by atoms with E-state index in [0.717, 1.165) is 44.5 Å². The number of nitrogens with zero attached hydrogens (tertiary/aromatic N) is 3. The van der Waals surface area contributed by atoms with Crippen LogP contribution in [0.5, 0.6) is 5.75 Å². The van der Waals surface area contributed by atoms with Gasteiger partial charge in [-0.15, -0.1) is 0 Å². The van der Waals surface area contributed by atoms with Gasteiger partial charge in [0.1, 0.15) is 21.4 Å². The highest BCUT2D eigenvalue weighted by atomic mass is 35.5. The molecule has 0 unspecified atom stereocenters. The molecule has 1 saturated heterocycles. The summed E-state index contributed by atoms with van der Waals surface area (Å²) < 4.78 is 94.8. The summed E-state index contributed by atoms with van der Waals surface area (Å²) >= 11 is 12.7. The lowest BCUT2D eigenvalue weighted by atomic mass is 9.94. The summed E-state index contributed by atoms with van der Waals surface area (Å²) in [6.07, 6.45) is 3.69. The van der Waals surface area contributed by atoms with Gasteiger partial charge in [-0.2, -0.15) is 25.3 Å². The number of aromatic nitrogens is 2. The number of carbonyl (C=O) groups is 1. The number of amides is 1. The Morgan fingerprint density at radius 1 is 0.825 bits per heavy atom. The zero-order chi connectivity index (χ0) is 41.9. The van der Waals surface area contributed by atoms with Gasteiger partial charge >= 0.3 is 10.1 Å². The average Bonchev–Trinajstić information content (AvgIpc) is 3.46. The van der Waals surface area contributed by atoms with Gasteiger partial charge in [0.15, 0.2) is 5.69 Å². The lowest BCUT2D eigenvalue weighted by Crippen LogP contribution is -2.45.